The van der Waals surface area contributed by atoms with Crippen molar-refractivity contribution in [1.82, 2.24) is 5.32 Å². The zero-order valence-electron chi connectivity index (χ0n) is 15.1. The molecule has 1 atom stereocenters. The summed E-state index contributed by atoms with van der Waals surface area (Å²) in [6.45, 7) is 6.02. The van der Waals surface area contributed by atoms with E-state index < -0.39 is 6.10 Å². The average molecular weight is 327 g/mol. The molecule has 0 heterocycles. The third-order valence-electron chi connectivity index (χ3n) is 6.59. The molecule has 24 heavy (non-hydrogen) atoms. The molecule has 0 saturated heterocycles. The molecule has 0 aromatic heterocycles. The molecule has 5 rings (SSSR count). The Morgan fingerprint density at radius 3 is 2.21 bits per heavy atom. The Kier molecular flexibility index (Phi) is 3.85. The molecule has 3 nitrogen and oxygen atoms in total. The number of nitrogens with one attached hydrogen (secondary N) is 1. The summed E-state index contributed by atoms with van der Waals surface area (Å²) in [5, 5.41) is 3.41. The van der Waals surface area contributed by atoms with E-state index in [9.17, 15) is 4.79 Å². The van der Waals surface area contributed by atoms with Gasteiger partial charge in [-0.25, -0.2) is 0 Å². The highest BCUT2D eigenvalue weighted by molar-refractivity contribution is 5.81. The second-order valence-electron chi connectivity index (χ2n) is 8.69. The van der Waals surface area contributed by atoms with Gasteiger partial charge in [0.1, 0.15) is 5.75 Å². The first-order valence-electron chi connectivity index (χ1n) is 9.48. The fourth-order valence-corrected chi connectivity index (χ4v) is 5.67. The van der Waals surface area contributed by atoms with Gasteiger partial charge in [0.15, 0.2) is 6.10 Å². The molecule has 4 fully saturated rings. The van der Waals surface area contributed by atoms with Gasteiger partial charge in [-0.2, -0.15) is 0 Å². The molecule has 3 heteroatoms. The van der Waals surface area contributed by atoms with Crippen molar-refractivity contribution in [1.29, 1.82) is 0 Å². The first kappa shape index (κ1) is 16.0. The molecule has 0 unspecified atom stereocenters. The lowest BCUT2D eigenvalue weighted by molar-refractivity contribution is -0.133. The number of benzene rings is 1. The number of hydrogen-bond donors (Lipinski definition) is 1. The highest BCUT2D eigenvalue weighted by Crippen LogP contribution is 2.55. The Balaban J connectivity index is 1.41. The number of aryl methyl sites for hydroxylation is 2. The standard InChI is InChI=1S/C21H29NO2/c1-13-4-5-19(6-14(13)2)24-15(3)20(23)22-21-10-16-7-17(11-21)9-18(8-16)12-21/h4-6,15-18H,7-12H2,1-3H3,(H,22,23)/t15-,16?,17?,18?,21?/m0/s1. The van der Waals surface area contributed by atoms with Crippen LogP contribution < -0.4 is 10.1 Å². The molecule has 0 spiro atoms. The first-order valence-corrected chi connectivity index (χ1v) is 9.48. The van der Waals surface area contributed by atoms with Gasteiger partial charge in [0.2, 0.25) is 0 Å². The molecule has 1 aromatic rings. The largest absolute Gasteiger partial charge is 0.481 e. The van der Waals surface area contributed by atoms with Crippen LogP contribution in [0.3, 0.4) is 0 Å². The van der Waals surface area contributed by atoms with E-state index in [0.717, 1.165) is 23.5 Å². The smallest absolute Gasteiger partial charge is 0.261 e. The normalized spacial score (nSPS) is 34.9. The fraction of sp³-hybridized carbons (Fsp3) is 0.667. The van der Waals surface area contributed by atoms with Crippen molar-refractivity contribution in [3.63, 3.8) is 0 Å². The fourth-order valence-electron chi connectivity index (χ4n) is 5.67. The van der Waals surface area contributed by atoms with Crippen LogP contribution in [-0.2, 0) is 4.79 Å². The van der Waals surface area contributed by atoms with Crippen LogP contribution in [0.4, 0.5) is 0 Å². The van der Waals surface area contributed by atoms with E-state index in [4.69, 9.17) is 4.74 Å². The molecule has 4 aliphatic carbocycles. The zero-order chi connectivity index (χ0) is 16.9. The van der Waals surface area contributed by atoms with Crippen LogP contribution in [0.5, 0.6) is 5.75 Å². The topological polar surface area (TPSA) is 38.3 Å². The van der Waals surface area contributed by atoms with E-state index in [1.807, 2.05) is 25.1 Å². The summed E-state index contributed by atoms with van der Waals surface area (Å²) in [6, 6.07) is 6.02. The Bertz CT molecular complexity index is 616. The molecular formula is C21H29NO2. The molecule has 4 saturated carbocycles. The Labute approximate surface area is 145 Å². The SMILES string of the molecule is Cc1ccc(O[C@@H](C)C(=O)NC23CC4CC(CC(C4)C2)C3)cc1C. The predicted molar refractivity (Wildman–Crippen MR) is 95.1 cm³/mol. The van der Waals surface area contributed by atoms with Crippen molar-refractivity contribution in [3.8, 4) is 5.75 Å². The molecule has 0 radical (unpaired) electrons. The quantitative estimate of drug-likeness (QED) is 0.902. The van der Waals surface area contributed by atoms with Gasteiger partial charge in [-0.1, -0.05) is 6.07 Å². The third kappa shape index (κ3) is 2.94. The minimum Gasteiger partial charge on any atom is -0.481 e. The molecule has 1 N–H and O–H groups in total. The van der Waals surface area contributed by atoms with Crippen molar-refractivity contribution >= 4 is 5.91 Å². The van der Waals surface area contributed by atoms with E-state index in [2.05, 4.69) is 19.2 Å². The summed E-state index contributed by atoms with van der Waals surface area (Å²) in [4.78, 5) is 12.7. The minimum absolute atomic E-state index is 0.0511. The van der Waals surface area contributed by atoms with E-state index in [-0.39, 0.29) is 11.4 Å². The van der Waals surface area contributed by atoms with Crippen molar-refractivity contribution in [3.05, 3.63) is 29.3 Å². The van der Waals surface area contributed by atoms with Crippen LogP contribution in [0.25, 0.3) is 0 Å². The van der Waals surface area contributed by atoms with Gasteiger partial charge in [-0.3, -0.25) is 4.79 Å². The highest BCUT2D eigenvalue weighted by Gasteiger charge is 2.51. The van der Waals surface area contributed by atoms with Crippen LogP contribution >= 0.6 is 0 Å². The van der Waals surface area contributed by atoms with E-state index in [0.29, 0.717) is 0 Å². The molecule has 4 aliphatic rings. The first-order chi connectivity index (χ1) is 11.4. The molecule has 1 amide bonds. The maximum Gasteiger partial charge on any atom is 0.261 e. The maximum atomic E-state index is 12.7. The van der Waals surface area contributed by atoms with Crippen LogP contribution in [0.1, 0.15) is 56.6 Å². The zero-order valence-corrected chi connectivity index (χ0v) is 15.1. The number of ether oxygens (including phenoxy) is 1. The van der Waals surface area contributed by atoms with Gasteiger partial charge < -0.3 is 10.1 Å². The van der Waals surface area contributed by atoms with E-state index >= 15 is 0 Å². The average Bonchev–Trinajstić information content (AvgIpc) is 2.49. The lowest BCUT2D eigenvalue weighted by atomic mass is 9.53. The lowest BCUT2D eigenvalue weighted by Gasteiger charge is -2.57. The summed E-state index contributed by atoms with van der Waals surface area (Å²) < 4.78 is 5.91. The van der Waals surface area contributed by atoms with Crippen LogP contribution in [-0.4, -0.2) is 17.6 Å². The molecular weight excluding hydrogens is 298 g/mol. The van der Waals surface area contributed by atoms with Gasteiger partial charge in [0, 0.05) is 5.54 Å². The van der Waals surface area contributed by atoms with Crippen molar-refractivity contribution in [2.45, 2.75) is 70.9 Å². The van der Waals surface area contributed by atoms with E-state index in [1.165, 1.54) is 49.7 Å². The Morgan fingerprint density at radius 1 is 1.08 bits per heavy atom. The van der Waals surface area contributed by atoms with E-state index in [1.54, 1.807) is 0 Å². The number of carbonyl (C=O) groups excluding carboxylic acids is 1. The Morgan fingerprint density at radius 2 is 1.67 bits per heavy atom. The number of hydrogen-bond acceptors (Lipinski definition) is 2. The second-order valence-corrected chi connectivity index (χ2v) is 8.69. The van der Waals surface area contributed by atoms with Gasteiger partial charge in [0.05, 0.1) is 0 Å². The molecule has 0 aliphatic heterocycles. The van der Waals surface area contributed by atoms with Crippen molar-refractivity contribution < 1.29 is 9.53 Å². The Hall–Kier alpha value is -1.51. The van der Waals surface area contributed by atoms with Crippen molar-refractivity contribution in [2.24, 2.45) is 17.8 Å². The number of amides is 1. The summed E-state index contributed by atoms with van der Waals surface area (Å²) >= 11 is 0. The summed E-state index contributed by atoms with van der Waals surface area (Å²) in [7, 11) is 0. The van der Waals surface area contributed by atoms with Crippen molar-refractivity contribution in [2.75, 3.05) is 0 Å². The van der Waals surface area contributed by atoms with Gasteiger partial charge in [-0.05, 0) is 100 Å². The van der Waals surface area contributed by atoms with Crippen LogP contribution in [0.2, 0.25) is 0 Å². The highest BCUT2D eigenvalue weighted by atomic mass is 16.5. The molecule has 1 aromatic carbocycles. The summed E-state index contributed by atoms with van der Waals surface area (Å²) in [5.41, 5.74) is 2.50. The van der Waals surface area contributed by atoms with Gasteiger partial charge in [-0.15, -0.1) is 0 Å². The number of carbonyl (C=O) groups is 1. The third-order valence-corrected chi connectivity index (χ3v) is 6.59. The maximum absolute atomic E-state index is 12.7. The summed E-state index contributed by atoms with van der Waals surface area (Å²) in [5.74, 6) is 3.36. The van der Waals surface area contributed by atoms with Crippen LogP contribution in [0.15, 0.2) is 18.2 Å². The predicted octanol–water partition coefficient (Wildman–Crippen LogP) is 4.16. The summed E-state index contributed by atoms with van der Waals surface area (Å²) in [6.07, 6.45) is 7.28. The van der Waals surface area contributed by atoms with Gasteiger partial charge in [0.25, 0.3) is 5.91 Å². The van der Waals surface area contributed by atoms with Crippen LogP contribution in [0, 0.1) is 31.6 Å². The molecule has 130 valence electrons. The second kappa shape index (κ2) is 5.79. The monoisotopic (exact) mass is 327 g/mol. The number of rotatable bonds is 4. The minimum atomic E-state index is -0.444. The lowest BCUT2D eigenvalue weighted by Crippen LogP contribution is -2.61. The van der Waals surface area contributed by atoms with Gasteiger partial charge >= 0.3 is 0 Å². The molecule has 4 bridgehead atoms.